The third-order valence-electron chi connectivity index (χ3n) is 4.46. The topological polar surface area (TPSA) is 170 Å². The molecule has 0 spiro atoms. The Hall–Kier alpha value is -3.76. The Bertz CT molecular complexity index is 1450. The molecular weight excluding hydrogens is 482 g/mol. The summed E-state index contributed by atoms with van der Waals surface area (Å²) in [6.45, 7) is 1.53. The molecule has 0 saturated heterocycles. The fraction of sp³-hybridized carbons (Fsp3) is 0.238. The summed E-state index contributed by atoms with van der Waals surface area (Å²) in [6, 6.07) is 5.62. The van der Waals surface area contributed by atoms with Gasteiger partial charge in [0.15, 0.2) is 29.7 Å². The van der Waals surface area contributed by atoms with Crippen LogP contribution in [0.2, 0.25) is 0 Å². The third kappa shape index (κ3) is 6.18. The van der Waals surface area contributed by atoms with Gasteiger partial charge in [0.1, 0.15) is 12.7 Å². The van der Waals surface area contributed by atoms with Crippen LogP contribution in [-0.2, 0) is 24.5 Å². The van der Waals surface area contributed by atoms with Gasteiger partial charge in [-0.05, 0) is 12.1 Å². The Morgan fingerprint density at radius 3 is 1.74 bits per heavy atom. The van der Waals surface area contributed by atoms with Gasteiger partial charge in [0.05, 0.1) is 28.7 Å². The number of carboxylic acid groups (broad SMARTS) is 1. The molecule has 11 nitrogen and oxygen atoms in total. The number of pyridine rings is 1. The van der Waals surface area contributed by atoms with Crippen molar-refractivity contribution in [1.82, 2.24) is 24.9 Å². The van der Waals surface area contributed by atoms with E-state index in [1.54, 1.807) is 12.1 Å². The summed E-state index contributed by atoms with van der Waals surface area (Å²) in [6.07, 6.45) is 4.30. The van der Waals surface area contributed by atoms with E-state index < -0.39 is 31.6 Å². The van der Waals surface area contributed by atoms with Crippen LogP contribution in [0, 0.1) is 17.8 Å². The van der Waals surface area contributed by atoms with Crippen LogP contribution in [0.4, 0.5) is 0 Å². The van der Waals surface area contributed by atoms with Crippen LogP contribution < -0.4 is 0 Å². The highest BCUT2D eigenvalue weighted by Gasteiger charge is 2.16. The molecule has 176 valence electrons. The van der Waals surface area contributed by atoms with Crippen LogP contribution in [0.1, 0.15) is 18.9 Å². The Kier molecular flexibility index (Phi) is 7.04. The molecule has 0 aliphatic carbocycles. The molecule has 1 unspecified atom stereocenters. The van der Waals surface area contributed by atoms with Crippen molar-refractivity contribution >= 4 is 25.6 Å². The predicted molar refractivity (Wildman–Crippen MR) is 121 cm³/mol. The molecule has 0 aliphatic heterocycles. The lowest BCUT2D eigenvalue weighted by Gasteiger charge is -2.07. The number of aromatic nitrogens is 5. The smallest absolute Gasteiger partial charge is 0.307 e. The van der Waals surface area contributed by atoms with E-state index in [2.05, 4.69) is 36.8 Å². The lowest BCUT2D eigenvalue weighted by atomic mass is 10.1. The molecule has 0 fully saturated rings. The maximum Gasteiger partial charge on any atom is 0.307 e. The molecule has 3 rings (SSSR count). The zero-order valence-corrected chi connectivity index (χ0v) is 19.9. The first-order valence-electron chi connectivity index (χ1n) is 9.63. The van der Waals surface area contributed by atoms with Crippen LogP contribution in [-0.4, -0.2) is 65.3 Å². The molecule has 0 saturated carbocycles. The number of hydrogen-bond donors (Lipinski definition) is 1. The van der Waals surface area contributed by atoms with E-state index in [9.17, 15) is 21.6 Å². The number of sulfone groups is 2. The summed E-state index contributed by atoms with van der Waals surface area (Å²) in [5, 5.41) is 8.64. The summed E-state index contributed by atoms with van der Waals surface area (Å²) < 4.78 is 47.6. The largest absolute Gasteiger partial charge is 0.481 e. The summed E-state index contributed by atoms with van der Waals surface area (Å²) in [5.41, 5.74) is 1.27. The molecule has 1 N–H and O–H groups in total. The van der Waals surface area contributed by atoms with Crippen molar-refractivity contribution < 1.29 is 26.7 Å². The number of nitrogens with zero attached hydrogens (tertiary/aromatic N) is 5. The lowest BCUT2D eigenvalue weighted by Crippen LogP contribution is -2.07. The predicted octanol–water partition coefficient (Wildman–Crippen LogP) is 1.26. The molecule has 13 heteroatoms. The SMILES string of the molecule is CC(CC#Cc1cc(-c2cc(S(C)(=O)=O)ncn2)nc(-c2cc(S(C)(=O)=O)ncn2)c1)C(=O)O. The van der Waals surface area contributed by atoms with Crippen molar-refractivity contribution in [2.45, 2.75) is 23.4 Å². The summed E-state index contributed by atoms with van der Waals surface area (Å²) in [7, 11) is -7.22. The highest BCUT2D eigenvalue weighted by molar-refractivity contribution is 7.90. The molecule has 0 aliphatic rings. The normalized spacial score (nSPS) is 12.4. The molecule has 0 amide bonds. The number of aliphatic carboxylic acids is 1. The summed E-state index contributed by atoms with van der Waals surface area (Å²) in [4.78, 5) is 31.2. The Balaban J connectivity index is 2.17. The monoisotopic (exact) mass is 501 g/mol. The van der Waals surface area contributed by atoms with Crippen molar-refractivity contribution in [3.63, 3.8) is 0 Å². The van der Waals surface area contributed by atoms with Crippen LogP contribution in [0.15, 0.2) is 47.0 Å². The second-order valence-electron chi connectivity index (χ2n) is 7.40. The van der Waals surface area contributed by atoms with E-state index in [0.717, 1.165) is 25.2 Å². The van der Waals surface area contributed by atoms with Gasteiger partial charge < -0.3 is 5.11 Å². The zero-order valence-electron chi connectivity index (χ0n) is 18.3. The van der Waals surface area contributed by atoms with E-state index in [4.69, 9.17) is 5.11 Å². The standard InChI is InChI=1S/C21H19N5O6S2/c1-13(21(27)28)5-4-6-14-7-17(15-9-19(24-11-22-15)33(2,29)30)26-18(8-14)16-10-20(25-12-23-16)34(3,31)32/h7-13H,5H2,1-3H3,(H,27,28). The van der Waals surface area contributed by atoms with E-state index in [1.807, 2.05) is 0 Å². The fourth-order valence-corrected chi connectivity index (χ4v) is 3.75. The second kappa shape index (κ2) is 9.62. The number of rotatable bonds is 6. The average Bonchev–Trinajstić information content (AvgIpc) is 2.78. The molecule has 0 radical (unpaired) electrons. The molecular formula is C21H19N5O6S2. The van der Waals surface area contributed by atoms with Crippen LogP contribution in [0.3, 0.4) is 0 Å². The van der Waals surface area contributed by atoms with Crippen molar-refractivity contribution in [3.8, 4) is 34.6 Å². The molecule has 3 aromatic heterocycles. The van der Waals surface area contributed by atoms with Crippen LogP contribution >= 0.6 is 0 Å². The highest BCUT2D eigenvalue weighted by Crippen LogP contribution is 2.24. The average molecular weight is 502 g/mol. The van der Waals surface area contributed by atoms with Crippen LogP contribution in [0.25, 0.3) is 22.8 Å². The number of hydrogen-bond acceptors (Lipinski definition) is 10. The van der Waals surface area contributed by atoms with Gasteiger partial charge in [-0.1, -0.05) is 18.8 Å². The Morgan fingerprint density at radius 2 is 1.32 bits per heavy atom. The minimum Gasteiger partial charge on any atom is -0.481 e. The minimum absolute atomic E-state index is 0.0970. The van der Waals surface area contributed by atoms with E-state index in [-0.39, 0.29) is 39.2 Å². The Morgan fingerprint density at radius 1 is 0.853 bits per heavy atom. The fourth-order valence-electron chi connectivity index (χ4n) is 2.62. The molecule has 0 aromatic carbocycles. The van der Waals surface area contributed by atoms with Gasteiger partial charge in [0, 0.05) is 36.6 Å². The van der Waals surface area contributed by atoms with E-state index in [0.29, 0.717) is 5.56 Å². The quantitative estimate of drug-likeness (QED) is 0.381. The first-order valence-corrected chi connectivity index (χ1v) is 13.4. The van der Waals surface area contributed by atoms with Gasteiger partial charge in [-0.2, -0.15) is 0 Å². The van der Waals surface area contributed by atoms with Crippen molar-refractivity contribution in [2.24, 2.45) is 5.92 Å². The first-order chi connectivity index (χ1) is 15.8. The van der Waals surface area contributed by atoms with Crippen molar-refractivity contribution in [2.75, 3.05) is 12.5 Å². The Labute approximate surface area is 196 Å². The zero-order chi connectivity index (χ0) is 25.1. The molecule has 0 bridgehead atoms. The first kappa shape index (κ1) is 24.9. The van der Waals surface area contributed by atoms with Gasteiger partial charge in [0.25, 0.3) is 0 Å². The highest BCUT2D eigenvalue weighted by atomic mass is 32.2. The van der Waals surface area contributed by atoms with Crippen LogP contribution in [0.5, 0.6) is 0 Å². The lowest BCUT2D eigenvalue weighted by molar-refractivity contribution is -0.140. The molecule has 34 heavy (non-hydrogen) atoms. The maximum absolute atomic E-state index is 11.9. The van der Waals surface area contributed by atoms with Gasteiger partial charge in [-0.3, -0.25) is 4.79 Å². The van der Waals surface area contributed by atoms with Crippen molar-refractivity contribution in [3.05, 3.63) is 42.5 Å². The minimum atomic E-state index is -3.61. The third-order valence-corrected chi connectivity index (χ3v) is 6.42. The number of carboxylic acids is 1. The van der Waals surface area contributed by atoms with Gasteiger partial charge in [0.2, 0.25) is 0 Å². The summed E-state index contributed by atoms with van der Waals surface area (Å²) in [5.74, 6) is 4.01. The molecule has 3 aromatic rings. The second-order valence-corrected chi connectivity index (χ2v) is 11.3. The van der Waals surface area contributed by atoms with Gasteiger partial charge in [-0.25, -0.2) is 41.8 Å². The van der Waals surface area contributed by atoms with Gasteiger partial charge >= 0.3 is 5.97 Å². The molecule has 3 heterocycles. The van der Waals surface area contributed by atoms with E-state index >= 15 is 0 Å². The van der Waals surface area contributed by atoms with Crippen molar-refractivity contribution in [1.29, 1.82) is 0 Å². The van der Waals surface area contributed by atoms with Gasteiger partial charge in [-0.15, -0.1) is 0 Å². The molecule has 1 atom stereocenters. The summed E-state index contributed by atoms with van der Waals surface area (Å²) >= 11 is 0. The van der Waals surface area contributed by atoms with E-state index in [1.165, 1.54) is 19.1 Å². The maximum atomic E-state index is 11.9. The number of carbonyl (C=O) groups is 1.